The van der Waals surface area contributed by atoms with Crippen molar-refractivity contribution in [2.24, 2.45) is 0 Å². The molecule has 1 rings (SSSR count). The SMILES string of the molecule is CCC(C(=O)O)N(C)c1cc([N+](=O)[O-])c(C)cn1. The molecule has 0 aliphatic heterocycles. The van der Waals surface area contributed by atoms with Gasteiger partial charge in [-0.1, -0.05) is 6.92 Å². The average molecular weight is 253 g/mol. The summed E-state index contributed by atoms with van der Waals surface area (Å²) in [5.41, 5.74) is 0.382. The van der Waals surface area contributed by atoms with Crippen molar-refractivity contribution in [1.29, 1.82) is 0 Å². The molecular weight excluding hydrogens is 238 g/mol. The van der Waals surface area contributed by atoms with Crippen LogP contribution in [0, 0.1) is 17.0 Å². The number of rotatable bonds is 5. The fourth-order valence-electron chi connectivity index (χ4n) is 1.67. The predicted octanol–water partition coefficient (Wildman–Crippen LogP) is 1.60. The molecule has 0 aliphatic carbocycles. The van der Waals surface area contributed by atoms with Gasteiger partial charge in [0.25, 0.3) is 5.69 Å². The van der Waals surface area contributed by atoms with Crippen molar-refractivity contribution in [2.75, 3.05) is 11.9 Å². The van der Waals surface area contributed by atoms with Gasteiger partial charge < -0.3 is 10.0 Å². The van der Waals surface area contributed by atoms with Crippen LogP contribution in [0.15, 0.2) is 12.3 Å². The van der Waals surface area contributed by atoms with E-state index in [4.69, 9.17) is 5.11 Å². The standard InChI is InChI=1S/C11H15N3O4/c1-4-8(11(15)16)13(3)10-5-9(14(17)18)7(2)6-12-10/h5-6,8H,4H2,1-3H3,(H,15,16). The highest BCUT2D eigenvalue weighted by atomic mass is 16.6. The molecule has 1 unspecified atom stereocenters. The van der Waals surface area contributed by atoms with Gasteiger partial charge in [-0.3, -0.25) is 10.1 Å². The number of nitro groups is 1. The first-order valence-corrected chi connectivity index (χ1v) is 5.45. The quantitative estimate of drug-likeness (QED) is 0.632. The molecular formula is C11H15N3O4. The van der Waals surface area contributed by atoms with Crippen LogP contribution in [0.5, 0.6) is 0 Å². The van der Waals surface area contributed by atoms with Crippen LogP contribution in [0.2, 0.25) is 0 Å². The van der Waals surface area contributed by atoms with E-state index in [0.717, 1.165) is 0 Å². The minimum Gasteiger partial charge on any atom is -0.480 e. The Morgan fingerprint density at radius 2 is 2.28 bits per heavy atom. The highest BCUT2D eigenvalue weighted by Gasteiger charge is 2.23. The Bertz CT molecular complexity index is 475. The second-order valence-corrected chi connectivity index (χ2v) is 3.96. The van der Waals surface area contributed by atoms with E-state index < -0.39 is 16.9 Å². The molecule has 0 bridgehead atoms. The van der Waals surface area contributed by atoms with Crippen LogP contribution in [-0.4, -0.2) is 34.1 Å². The predicted molar refractivity (Wildman–Crippen MR) is 65.7 cm³/mol. The van der Waals surface area contributed by atoms with Crippen molar-refractivity contribution in [3.8, 4) is 0 Å². The molecule has 1 heterocycles. The van der Waals surface area contributed by atoms with Crippen LogP contribution in [-0.2, 0) is 4.79 Å². The second kappa shape index (κ2) is 5.44. The summed E-state index contributed by atoms with van der Waals surface area (Å²) in [5, 5.41) is 19.8. The number of hydrogen-bond donors (Lipinski definition) is 1. The summed E-state index contributed by atoms with van der Waals surface area (Å²) in [5.74, 6) is -0.702. The molecule has 1 atom stereocenters. The number of carboxylic acid groups (broad SMARTS) is 1. The van der Waals surface area contributed by atoms with Gasteiger partial charge in [0.2, 0.25) is 0 Å². The number of carboxylic acids is 1. The van der Waals surface area contributed by atoms with Crippen molar-refractivity contribution in [2.45, 2.75) is 26.3 Å². The Morgan fingerprint density at radius 3 is 2.72 bits per heavy atom. The Labute approximate surface area is 104 Å². The van der Waals surface area contributed by atoms with Crippen molar-refractivity contribution in [3.63, 3.8) is 0 Å². The number of carbonyl (C=O) groups is 1. The van der Waals surface area contributed by atoms with Crippen molar-refractivity contribution in [3.05, 3.63) is 27.9 Å². The molecule has 0 saturated heterocycles. The van der Waals surface area contributed by atoms with E-state index in [-0.39, 0.29) is 11.5 Å². The van der Waals surface area contributed by atoms with Gasteiger partial charge in [-0.2, -0.15) is 0 Å². The summed E-state index contributed by atoms with van der Waals surface area (Å²) in [6.45, 7) is 3.32. The van der Waals surface area contributed by atoms with Gasteiger partial charge in [-0.25, -0.2) is 9.78 Å². The molecule has 1 aromatic rings. The molecule has 0 fully saturated rings. The fraction of sp³-hybridized carbons (Fsp3) is 0.455. The van der Waals surface area contributed by atoms with Crippen LogP contribution in [0.1, 0.15) is 18.9 Å². The summed E-state index contributed by atoms with van der Waals surface area (Å²) < 4.78 is 0. The second-order valence-electron chi connectivity index (χ2n) is 3.96. The summed E-state index contributed by atoms with van der Waals surface area (Å²) in [6.07, 6.45) is 1.76. The first-order valence-electron chi connectivity index (χ1n) is 5.45. The van der Waals surface area contributed by atoms with E-state index in [0.29, 0.717) is 12.0 Å². The molecule has 1 aromatic heterocycles. The van der Waals surface area contributed by atoms with Crippen LogP contribution >= 0.6 is 0 Å². The molecule has 18 heavy (non-hydrogen) atoms. The van der Waals surface area contributed by atoms with Crippen LogP contribution < -0.4 is 4.90 Å². The van der Waals surface area contributed by atoms with Gasteiger partial charge >= 0.3 is 5.97 Å². The maximum absolute atomic E-state index is 11.0. The number of anilines is 1. The van der Waals surface area contributed by atoms with Crippen molar-refractivity contribution >= 4 is 17.5 Å². The molecule has 0 spiro atoms. The molecule has 0 amide bonds. The van der Waals surface area contributed by atoms with Gasteiger partial charge in [0, 0.05) is 18.8 Å². The molecule has 0 saturated carbocycles. The van der Waals surface area contributed by atoms with E-state index in [9.17, 15) is 14.9 Å². The van der Waals surface area contributed by atoms with Gasteiger partial charge in [-0.05, 0) is 13.3 Å². The third-order valence-electron chi connectivity index (χ3n) is 2.76. The molecule has 7 heteroatoms. The number of aryl methyl sites for hydroxylation is 1. The number of nitrogens with zero attached hydrogens (tertiary/aromatic N) is 3. The van der Waals surface area contributed by atoms with Crippen LogP contribution in [0.25, 0.3) is 0 Å². The van der Waals surface area contributed by atoms with Crippen LogP contribution in [0.4, 0.5) is 11.5 Å². The number of hydrogen-bond acceptors (Lipinski definition) is 5. The summed E-state index contributed by atoms with van der Waals surface area (Å²) >= 11 is 0. The van der Waals surface area contributed by atoms with Gasteiger partial charge in [0.05, 0.1) is 11.0 Å². The molecule has 7 nitrogen and oxygen atoms in total. The van der Waals surface area contributed by atoms with Gasteiger partial charge in [0.1, 0.15) is 11.9 Å². The highest BCUT2D eigenvalue weighted by molar-refractivity contribution is 5.77. The van der Waals surface area contributed by atoms with Gasteiger partial charge in [0.15, 0.2) is 0 Å². The summed E-state index contributed by atoms with van der Waals surface area (Å²) in [4.78, 5) is 26.8. The Kier molecular flexibility index (Phi) is 4.19. The van der Waals surface area contributed by atoms with E-state index in [1.54, 1.807) is 20.9 Å². The van der Waals surface area contributed by atoms with E-state index in [1.165, 1.54) is 17.2 Å². The number of aromatic nitrogens is 1. The molecule has 0 aromatic carbocycles. The largest absolute Gasteiger partial charge is 0.480 e. The number of likely N-dealkylation sites (N-methyl/N-ethyl adjacent to an activating group) is 1. The lowest BCUT2D eigenvalue weighted by atomic mass is 10.2. The zero-order valence-electron chi connectivity index (χ0n) is 10.5. The molecule has 1 N–H and O–H groups in total. The maximum atomic E-state index is 11.0. The first kappa shape index (κ1) is 13.9. The molecule has 0 radical (unpaired) electrons. The lowest BCUT2D eigenvalue weighted by molar-refractivity contribution is -0.385. The fourth-order valence-corrected chi connectivity index (χ4v) is 1.67. The molecule has 0 aliphatic rings. The monoisotopic (exact) mass is 253 g/mol. The summed E-state index contributed by atoms with van der Waals surface area (Å²) in [6, 6.07) is 0.542. The van der Waals surface area contributed by atoms with Crippen molar-refractivity contribution < 1.29 is 14.8 Å². The topological polar surface area (TPSA) is 96.6 Å². The molecule has 98 valence electrons. The smallest absolute Gasteiger partial charge is 0.326 e. The summed E-state index contributed by atoms with van der Waals surface area (Å²) in [7, 11) is 1.56. The van der Waals surface area contributed by atoms with E-state index in [2.05, 4.69) is 4.98 Å². The van der Waals surface area contributed by atoms with Crippen molar-refractivity contribution in [1.82, 2.24) is 4.98 Å². The Balaban J connectivity index is 3.13. The van der Waals surface area contributed by atoms with E-state index in [1.807, 2.05) is 0 Å². The third-order valence-corrected chi connectivity index (χ3v) is 2.76. The maximum Gasteiger partial charge on any atom is 0.326 e. The lowest BCUT2D eigenvalue weighted by Crippen LogP contribution is -2.38. The number of pyridine rings is 1. The average Bonchev–Trinajstić information content (AvgIpc) is 2.29. The normalized spacial score (nSPS) is 11.9. The zero-order chi connectivity index (χ0) is 13.9. The zero-order valence-corrected chi connectivity index (χ0v) is 10.5. The van der Waals surface area contributed by atoms with Gasteiger partial charge in [-0.15, -0.1) is 0 Å². The minimum absolute atomic E-state index is 0.0629. The minimum atomic E-state index is -0.981. The highest BCUT2D eigenvalue weighted by Crippen LogP contribution is 2.23. The Morgan fingerprint density at radius 1 is 1.67 bits per heavy atom. The Hall–Kier alpha value is -2.18. The van der Waals surface area contributed by atoms with Crippen LogP contribution in [0.3, 0.4) is 0 Å². The first-order chi connectivity index (χ1) is 8.38. The van der Waals surface area contributed by atoms with E-state index >= 15 is 0 Å². The lowest BCUT2D eigenvalue weighted by Gasteiger charge is -2.24. The third kappa shape index (κ3) is 2.73. The number of aliphatic carboxylic acids is 1.